The summed E-state index contributed by atoms with van der Waals surface area (Å²) in [6.07, 6.45) is 1.90. The van der Waals surface area contributed by atoms with Gasteiger partial charge in [-0.3, -0.25) is 9.36 Å². The average molecular weight is 189 g/mol. The van der Waals surface area contributed by atoms with Crippen LogP contribution in [0.25, 0.3) is 10.9 Å². The van der Waals surface area contributed by atoms with Crippen molar-refractivity contribution < 1.29 is 9.90 Å². The van der Waals surface area contributed by atoms with E-state index in [9.17, 15) is 4.79 Å². The quantitative estimate of drug-likeness (QED) is 0.780. The molecule has 0 saturated heterocycles. The molecule has 2 rings (SSSR count). The molecule has 0 radical (unpaired) electrons. The van der Waals surface area contributed by atoms with Crippen molar-refractivity contribution in [2.75, 3.05) is 6.61 Å². The van der Waals surface area contributed by atoms with Crippen LogP contribution >= 0.6 is 0 Å². The lowest BCUT2D eigenvalue weighted by Crippen LogP contribution is -2.10. The van der Waals surface area contributed by atoms with Crippen LogP contribution < -0.4 is 0 Å². The number of nitrogens with zero attached hydrogens (tertiary/aromatic N) is 1. The van der Waals surface area contributed by atoms with Gasteiger partial charge in [-0.15, -0.1) is 0 Å². The summed E-state index contributed by atoms with van der Waals surface area (Å²) in [5.41, 5.74) is 0.894. The van der Waals surface area contributed by atoms with Crippen LogP contribution in [0.15, 0.2) is 36.5 Å². The second-order valence-corrected chi connectivity index (χ2v) is 3.11. The first-order valence-corrected chi connectivity index (χ1v) is 4.53. The Bertz CT molecular complexity index is 459. The Kier molecular flexibility index (Phi) is 2.33. The number of aromatic nitrogens is 1. The Morgan fingerprint density at radius 3 is 2.86 bits per heavy atom. The normalized spacial score (nSPS) is 10.6. The third-order valence-electron chi connectivity index (χ3n) is 2.19. The SMILES string of the molecule is O=C(CCO)n1ccc2ccccc21. The van der Waals surface area contributed by atoms with Crippen LogP contribution in [0.3, 0.4) is 0 Å². The van der Waals surface area contributed by atoms with E-state index in [1.807, 2.05) is 30.3 Å². The van der Waals surface area contributed by atoms with E-state index in [1.54, 1.807) is 10.8 Å². The van der Waals surface area contributed by atoms with Crippen molar-refractivity contribution in [3.05, 3.63) is 36.5 Å². The number of para-hydroxylation sites is 1. The molecule has 3 nitrogen and oxygen atoms in total. The van der Waals surface area contributed by atoms with Crippen molar-refractivity contribution in [3.63, 3.8) is 0 Å². The molecule has 0 aliphatic carbocycles. The molecule has 0 aliphatic rings. The van der Waals surface area contributed by atoms with Crippen LogP contribution in [0.4, 0.5) is 0 Å². The van der Waals surface area contributed by atoms with Gasteiger partial charge in [-0.2, -0.15) is 0 Å². The number of aliphatic hydroxyl groups excluding tert-OH is 1. The summed E-state index contributed by atoms with van der Waals surface area (Å²) in [7, 11) is 0. The number of carbonyl (C=O) groups is 1. The molecule has 3 heteroatoms. The molecule has 0 unspecified atom stereocenters. The molecule has 0 fully saturated rings. The largest absolute Gasteiger partial charge is 0.396 e. The van der Waals surface area contributed by atoms with E-state index in [2.05, 4.69) is 0 Å². The van der Waals surface area contributed by atoms with Crippen LogP contribution in [0.5, 0.6) is 0 Å². The van der Waals surface area contributed by atoms with Gasteiger partial charge in [0.25, 0.3) is 0 Å². The van der Waals surface area contributed by atoms with E-state index >= 15 is 0 Å². The number of carbonyl (C=O) groups excluding carboxylic acids is 1. The van der Waals surface area contributed by atoms with Crippen LogP contribution in [0, 0.1) is 0 Å². The van der Waals surface area contributed by atoms with Gasteiger partial charge in [0.1, 0.15) is 0 Å². The monoisotopic (exact) mass is 189 g/mol. The molecule has 1 aromatic heterocycles. The van der Waals surface area contributed by atoms with Crippen LogP contribution in [0.1, 0.15) is 11.2 Å². The Hall–Kier alpha value is -1.61. The van der Waals surface area contributed by atoms with Gasteiger partial charge in [0.2, 0.25) is 5.91 Å². The van der Waals surface area contributed by atoms with E-state index in [-0.39, 0.29) is 18.9 Å². The van der Waals surface area contributed by atoms with Gasteiger partial charge in [-0.05, 0) is 12.1 Å². The number of fused-ring (bicyclic) bond motifs is 1. The highest BCUT2D eigenvalue weighted by Crippen LogP contribution is 2.15. The van der Waals surface area contributed by atoms with Gasteiger partial charge in [0, 0.05) is 11.6 Å². The summed E-state index contributed by atoms with van der Waals surface area (Å²) in [4.78, 5) is 11.5. The van der Waals surface area contributed by atoms with Crippen molar-refractivity contribution in [2.45, 2.75) is 6.42 Å². The maximum atomic E-state index is 11.5. The lowest BCUT2D eigenvalue weighted by Gasteiger charge is -2.01. The third-order valence-corrected chi connectivity index (χ3v) is 2.19. The fourth-order valence-electron chi connectivity index (χ4n) is 1.52. The summed E-state index contributed by atoms with van der Waals surface area (Å²) in [5, 5.41) is 9.71. The zero-order valence-electron chi connectivity index (χ0n) is 7.68. The highest BCUT2D eigenvalue weighted by molar-refractivity contribution is 5.92. The second-order valence-electron chi connectivity index (χ2n) is 3.11. The maximum Gasteiger partial charge on any atom is 0.233 e. The predicted octanol–water partition coefficient (Wildman–Crippen LogP) is 1.66. The summed E-state index contributed by atoms with van der Waals surface area (Å²) < 4.78 is 1.57. The zero-order valence-corrected chi connectivity index (χ0v) is 7.68. The predicted molar refractivity (Wildman–Crippen MR) is 54.3 cm³/mol. The lowest BCUT2D eigenvalue weighted by molar-refractivity contribution is 0.0881. The highest BCUT2D eigenvalue weighted by Gasteiger charge is 2.06. The van der Waals surface area contributed by atoms with Crippen LogP contribution in [-0.2, 0) is 0 Å². The molecule has 0 spiro atoms. The van der Waals surface area contributed by atoms with Crippen molar-refractivity contribution >= 4 is 16.8 Å². The number of hydrogen-bond donors (Lipinski definition) is 1. The van der Waals surface area contributed by atoms with E-state index in [1.165, 1.54) is 0 Å². The van der Waals surface area contributed by atoms with Crippen molar-refractivity contribution in [3.8, 4) is 0 Å². The zero-order chi connectivity index (χ0) is 9.97. The Morgan fingerprint density at radius 2 is 2.07 bits per heavy atom. The van der Waals surface area contributed by atoms with Crippen molar-refractivity contribution in [1.29, 1.82) is 0 Å². The summed E-state index contributed by atoms with van der Waals surface area (Å²) >= 11 is 0. The van der Waals surface area contributed by atoms with Crippen LogP contribution in [0.2, 0.25) is 0 Å². The van der Waals surface area contributed by atoms with Gasteiger partial charge >= 0.3 is 0 Å². The first kappa shape index (κ1) is 8.97. The van der Waals surface area contributed by atoms with Crippen molar-refractivity contribution in [1.82, 2.24) is 4.57 Å². The smallest absolute Gasteiger partial charge is 0.233 e. The molecule has 0 atom stereocenters. The molecular weight excluding hydrogens is 178 g/mol. The van der Waals surface area contributed by atoms with Gasteiger partial charge in [0.15, 0.2) is 0 Å². The fraction of sp³-hybridized carbons (Fsp3) is 0.182. The minimum absolute atomic E-state index is 0.0753. The van der Waals surface area contributed by atoms with E-state index in [4.69, 9.17) is 5.11 Å². The average Bonchev–Trinajstić information content (AvgIpc) is 2.61. The number of aliphatic hydroxyl groups is 1. The van der Waals surface area contributed by atoms with E-state index in [0.29, 0.717) is 0 Å². The summed E-state index contributed by atoms with van der Waals surface area (Å²) in [6, 6.07) is 9.57. The van der Waals surface area contributed by atoms with Crippen LogP contribution in [-0.4, -0.2) is 22.2 Å². The molecule has 1 aromatic carbocycles. The second kappa shape index (κ2) is 3.64. The van der Waals surface area contributed by atoms with E-state index < -0.39 is 0 Å². The lowest BCUT2D eigenvalue weighted by atomic mass is 10.2. The van der Waals surface area contributed by atoms with Gasteiger partial charge in [0.05, 0.1) is 18.5 Å². The standard InChI is InChI=1S/C11H11NO2/c13-8-6-11(14)12-7-5-9-3-1-2-4-10(9)12/h1-5,7,13H,6,8H2. The fourth-order valence-corrected chi connectivity index (χ4v) is 1.52. The molecule has 1 N–H and O–H groups in total. The first-order chi connectivity index (χ1) is 6.83. The van der Waals surface area contributed by atoms with Crippen molar-refractivity contribution in [2.24, 2.45) is 0 Å². The molecule has 72 valence electrons. The highest BCUT2D eigenvalue weighted by atomic mass is 16.3. The maximum absolute atomic E-state index is 11.5. The molecule has 0 amide bonds. The molecule has 14 heavy (non-hydrogen) atoms. The van der Waals surface area contributed by atoms with Gasteiger partial charge in [-0.1, -0.05) is 18.2 Å². The topological polar surface area (TPSA) is 42.2 Å². The van der Waals surface area contributed by atoms with E-state index in [0.717, 1.165) is 10.9 Å². The summed E-state index contributed by atoms with van der Waals surface area (Å²) in [6.45, 7) is -0.106. The van der Waals surface area contributed by atoms with Gasteiger partial charge in [-0.25, -0.2) is 0 Å². The first-order valence-electron chi connectivity index (χ1n) is 4.53. The Morgan fingerprint density at radius 1 is 1.29 bits per heavy atom. The Labute approximate surface area is 81.6 Å². The number of hydrogen-bond acceptors (Lipinski definition) is 2. The number of rotatable bonds is 2. The number of benzene rings is 1. The molecule has 0 bridgehead atoms. The Balaban J connectivity index is 2.47. The summed E-state index contributed by atoms with van der Waals surface area (Å²) in [5.74, 6) is -0.0753. The molecule has 0 aliphatic heterocycles. The molecular formula is C11H11NO2. The molecule has 0 saturated carbocycles. The minimum atomic E-state index is -0.106. The van der Waals surface area contributed by atoms with Gasteiger partial charge < -0.3 is 5.11 Å². The molecule has 2 aromatic rings. The third kappa shape index (κ3) is 1.42. The minimum Gasteiger partial charge on any atom is -0.396 e. The molecule has 1 heterocycles.